The second-order valence-corrected chi connectivity index (χ2v) is 2.44. The maximum Gasteiger partial charge on any atom is 0.284 e. The third-order valence-corrected chi connectivity index (χ3v) is 1.60. The van der Waals surface area contributed by atoms with Gasteiger partial charge in [0.15, 0.2) is 0 Å². The van der Waals surface area contributed by atoms with Crippen molar-refractivity contribution in [3.8, 4) is 0 Å². The number of anilines is 2. The van der Waals surface area contributed by atoms with E-state index in [9.17, 15) is 0 Å². The first-order valence-corrected chi connectivity index (χ1v) is 3.74. The maximum atomic E-state index is 5.71. The summed E-state index contributed by atoms with van der Waals surface area (Å²) in [7, 11) is 0. The molecule has 0 aliphatic carbocycles. The molecule has 0 unspecified atom stereocenters. The highest BCUT2D eigenvalue weighted by Gasteiger charge is 2.07. The summed E-state index contributed by atoms with van der Waals surface area (Å²) in [4.78, 5) is 3.82. The molecule has 5 nitrogen and oxygen atoms in total. The Labute approximate surface area is 74.7 Å². The van der Waals surface area contributed by atoms with E-state index >= 15 is 0 Å². The second-order valence-electron chi connectivity index (χ2n) is 2.44. The smallest absolute Gasteiger partial charge is 0.284 e. The summed E-state index contributed by atoms with van der Waals surface area (Å²) in [6.07, 6.45) is 1.23. The lowest BCUT2D eigenvalue weighted by Gasteiger charge is -2.12. The van der Waals surface area contributed by atoms with Crippen molar-refractivity contribution in [2.45, 2.75) is 0 Å². The molecule has 0 aliphatic rings. The van der Waals surface area contributed by atoms with Crippen LogP contribution < -0.4 is 10.9 Å². The lowest BCUT2D eigenvalue weighted by Crippen LogP contribution is -2.25. The summed E-state index contributed by atoms with van der Waals surface area (Å²) < 4.78 is 4.57. The number of benzene rings is 1. The van der Waals surface area contributed by atoms with Gasteiger partial charge in [0.1, 0.15) is 0 Å². The molecular formula is C8H8N4O. The van der Waals surface area contributed by atoms with Crippen molar-refractivity contribution in [1.29, 1.82) is 0 Å². The van der Waals surface area contributed by atoms with E-state index in [-0.39, 0.29) is 0 Å². The van der Waals surface area contributed by atoms with Crippen LogP contribution in [0, 0.1) is 0 Å². The lowest BCUT2D eigenvalue weighted by molar-refractivity contribution is 0.417. The molecule has 1 aromatic carbocycles. The first-order valence-electron chi connectivity index (χ1n) is 3.74. The van der Waals surface area contributed by atoms with Gasteiger partial charge in [0.05, 0.1) is 5.69 Å². The van der Waals surface area contributed by atoms with Gasteiger partial charge in [-0.25, -0.2) is 10.9 Å². The Bertz CT molecular complexity index is 359. The molecule has 0 aliphatic heterocycles. The molecule has 2 N–H and O–H groups in total. The molecule has 13 heavy (non-hydrogen) atoms. The van der Waals surface area contributed by atoms with Crippen molar-refractivity contribution >= 4 is 11.6 Å². The molecule has 0 amide bonds. The Kier molecular flexibility index (Phi) is 1.93. The van der Waals surface area contributed by atoms with E-state index in [1.54, 1.807) is 0 Å². The third-order valence-electron chi connectivity index (χ3n) is 1.60. The normalized spacial score (nSPS) is 9.92. The molecule has 5 heteroatoms. The molecule has 0 bridgehead atoms. The number of rotatable bonds is 2. The maximum absolute atomic E-state index is 5.71. The highest BCUT2D eigenvalue weighted by atomic mass is 16.5. The van der Waals surface area contributed by atoms with Crippen LogP contribution in [0.5, 0.6) is 0 Å². The van der Waals surface area contributed by atoms with Gasteiger partial charge in [-0.05, 0) is 17.3 Å². The standard InChI is InChI=1S/C8H8N4O/c9-12(8-10-6-13-11-8)7-4-2-1-3-5-7/h1-6H,9H2. The summed E-state index contributed by atoms with van der Waals surface area (Å²) in [5, 5.41) is 4.96. The highest BCUT2D eigenvalue weighted by Crippen LogP contribution is 2.16. The van der Waals surface area contributed by atoms with E-state index in [2.05, 4.69) is 14.7 Å². The van der Waals surface area contributed by atoms with Crippen LogP contribution >= 0.6 is 0 Å². The van der Waals surface area contributed by atoms with Gasteiger partial charge in [0.25, 0.3) is 5.95 Å². The summed E-state index contributed by atoms with van der Waals surface area (Å²) in [6.45, 7) is 0. The predicted octanol–water partition coefficient (Wildman–Crippen LogP) is 1.08. The molecule has 0 radical (unpaired) electrons. The fourth-order valence-electron chi connectivity index (χ4n) is 0.975. The Hall–Kier alpha value is -1.88. The van der Waals surface area contributed by atoms with Crippen LogP contribution in [-0.2, 0) is 0 Å². The molecular weight excluding hydrogens is 168 g/mol. The average Bonchev–Trinajstić information content (AvgIpc) is 2.71. The Morgan fingerprint density at radius 3 is 2.62 bits per heavy atom. The molecule has 2 rings (SSSR count). The van der Waals surface area contributed by atoms with Crippen molar-refractivity contribution in [2.24, 2.45) is 5.84 Å². The fraction of sp³-hybridized carbons (Fsp3) is 0. The number of para-hydroxylation sites is 1. The number of nitrogens with zero attached hydrogens (tertiary/aromatic N) is 3. The Morgan fingerprint density at radius 1 is 1.23 bits per heavy atom. The van der Waals surface area contributed by atoms with E-state index < -0.39 is 0 Å². The Balaban J connectivity index is 2.29. The van der Waals surface area contributed by atoms with Crippen molar-refractivity contribution < 1.29 is 4.52 Å². The minimum absolute atomic E-state index is 0.339. The molecule has 0 atom stereocenters. The van der Waals surface area contributed by atoms with Gasteiger partial charge in [-0.2, -0.15) is 4.98 Å². The summed E-state index contributed by atoms with van der Waals surface area (Å²) in [5.74, 6) is 6.05. The minimum atomic E-state index is 0.339. The molecule has 66 valence electrons. The highest BCUT2D eigenvalue weighted by molar-refractivity contribution is 5.53. The van der Waals surface area contributed by atoms with Crippen LogP contribution in [0.4, 0.5) is 11.6 Å². The van der Waals surface area contributed by atoms with Crippen LogP contribution in [0.3, 0.4) is 0 Å². The molecule has 1 heterocycles. The van der Waals surface area contributed by atoms with Crippen molar-refractivity contribution in [3.63, 3.8) is 0 Å². The first kappa shape index (κ1) is 7.75. The van der Waals surface area contributed by atoms with Crippen LogP contribution in [0.1, 0.15) is 0 Å². The molecule has 0 saturated carbocycles. The van der Waals surface area contributed by atoms with Crippen molar-refractivity contribution in [3.05, 3.63) is 36.7 Å². The zero-order chi connectivity index (χ0) is 9.10. The van der Waals surface area contributed by atoms with Crippen molar-refractivity contribution in [2.75, 3.05) is 5.01 Å². The van der Waals surface area contributed by atoms with E-state index in [0.717, 1.165) is 5.69 Å². The monoisotopic (exact) mass is 176 g/mol. The quantitative estimate of drug-likeness (QED) is 0.547. The van der Waals surface area contributed by atoms with E-state index in [4.69, 9.17) is 5.84 Å². The van der Waals surface area contributed by atoms with Gasteiger partial charge in [0, 0.05) is 0 Å². The van der Waals surface area contributed by atoms with Gasteiger partial charge in [-0.3, -0.25) is 0 Å². The van der Waals surface area contributed by atoms with E-state index in [1.165, 1.54) is 11.4 Å². The molecule has 1 aromatic heterocycles. The van der Waals surface area contributed by atoms with E-state index in [0.29, 0.717) is 5.95 Å². The van der Waals surface area contributed by atoms with Gasteiger partial charge in [-0.15, -0.1) is 0 Å². The third kappa shape index (κ3) is 1.50. The van der Waals surface area contributed by atoms with Crippen molar-refractivity contribution in [1.82, 2.24) is 10.1 Å². The number of nitrogens with two attached hydrogens (primary N) is 1. The zero-order valence-electron chi connectivity index (χ0n) is 6.79. The zero-order valence-corrected chi connectivity index (χ0v) is 6.79. The van der Waals surface area contributed by atoms with Crippen LogP contribution in [0.25, 0.3) is 0 Å². The minimum Gasteiger partial charge on any atom is -0.341 e. The van der Waals surface area contributed by atoms with Gasteiger partial charge < -0.3 is 4.52 Å². The SMILES string of the molecule is NN(c1ccccc1)c1ncon1. The molecule has 0 spiro atoms. The van der Waals surface area contributed by atoms with Gasteiger partial charge >= 0.3 is 0 Å². The molecule has 0 saturated heterocycles. The summed E-state index contributed by atoms with van der Waals surface area (Å²) in [6, 6.07) is 9.39. The largest absolute Gasteiger partial charge is 0.341 e. The average molecular weight is 176 g/mol. The Morgan fingerprint density at radius 2 is 2.00 bits per heavy atom. The van der Waals surface area contributed by atoms with Gasteiger partial charge in [0.2, 0.25) is 6.39 Å². The number of hydrogen-bond donors (Lipinski definition) is 1. The molecule has 2 aromatic rings. The van der Waals surface area contributed by atoms with Crippen LogP contribution in [0.2, 0.25) is 0 Å². The van der Waals surface area contributed by atoms with Crippen LogP contribution in [-0.4, -0.2) is 10.1 Å². The number of aromatic nitrogens is 2. The number of hydrazine groups is 1. The number of hydrogen-bond acceptors (Lipinski definition) is 5. The second kappa shape index (κ2) is 3.24. The molecule has 0 fully saturated rings. The first-order chi connectivity index (χ1) is 6.38. The van der Waals surface area contributed by atoms with E-state index in [1.807, 2.05) is 30.3 Å². The summed E-state index contributed by atoms with van der Waals surface area (Å²) in [5.41, 5.74) is 0.809. The topological polar surface area (TPSA) is 68.2 Å². The predicted molar refractivity (Wildman–Crippen MR) is 47.1 cm³/mol. The van der Waals surface area contributed by atoms with Crippen LogP contribution in [0.15, 0.2) is 41.2 Å². The van der Waals surface area contributed by atoms with Gasteiger partial charge in [-0.1, -0.05) is 18.2 Å². The summed E-state index contributed by atoms with van der Waals surface area (Å²) >= 11 is 0. The lowest BCUT2D eigenvalue weighted by atomic mass is 10.3. The fourth-order valence-corrected chi connectivity index (χ4v) is 0.975.